The van der Waals surface area contributed by atoms with E-state index in [0.29, 0.717) is 18.2 Å². The molecule has 12 nitrogen and oxygen atoms in total. The fourth-order valence-electron chi connectivity index (χ4n) is 5.01. The first kappa shape index (κ1) is 39.7. The number of ether oxygens (including phenoxy) is 3. The summed E-state index contributed by atoms with van der Waals surface area (Å²) >= 11 is 7.49. The molecular weight excluding hydrogens is 670 g/mol. The number of hydrogen-bond acceptors (Lipinski definition) is 9. The van der Waals surface area contributed by atoms with Crippen LogP contribution in [-0.2, 0) is 41.7 Å². The highest BCUT2D eigenvalue weighted by atomic mass is 35.5. The standard InChI is InChI=1S/C35H48ClN5O7S/c1-8-46-33(47-9-2)23(3)41(20-25-22-49-29-13-11-10-12-27(25)29)32(44)28(18-31(43)48-35(4,5)6)38-30(42)21-40(7)39-34(45)37-19-24-14-16-26(36)17-15-24/h10-17,22-23,28,33H,8-9,18-21H2,1-7H3,(H,38,42)(H2,37,39,45). The summed E-state index contributed by atoms with van der Waals surface area (Å²) in [7, 11) is 1.51. The highest BCUT2D eigenvalue weighted by Crippen LogP contribution is 2.28. The van der Waals surface area contributed by atoms with Crippen LogP contribution in [0.1, 0.15) is 59.1 Å². The van der Waals surface area contributed by atoms with Crippen LogP contribution in [0.15, 0.2) is 53.9 Å². The molecule has 1 heterocycles. The zero-order valence-electron chi connectivity index (χ0n) is 29.2. The lowest BCUT2D eigenvalue weighted by Gasteiger charge is -2.36. The van der Waals surface area contributed by atoms with Gasteiger partial charge in [0.1, 0.15) is 11.6 Å². The van der Waals surface area contributed by atoms with Gasteiger partial charge in [0, 0.05) is 43.1 Å². The summed E-state index contributed by atoms with van der Waals surface area (Å²) in [4.78, 5) is 55.0. The Morgan fingerprint density at radius 1 is 0.980 bits per heavy atom. The van der Waals surface area contributed by atoms with Crippen LogP contribution >= 0.6 is 22.9 Å². The molecule has 49 heavy (non-hydrogen) atoms. The van der Waals surface area contributed by atoms with Crippen molar-refractivity contribution in [2.45, 2.75) is 85.0 Å². The predicted octanol–water partition coefficient (Wildman–Crippen LogP) is 5.23. The van der Waals surface area contributed by atoms with Gasteiger partial charge in [-0.2, -0.15) is 0 Å². The summed E-state index contributed by atoms with van der Waals surface area (Å²) in [6.45, 7) is 11.5. The van der Waals surface area contributed by atoms with E-state index >= 15 is 0 Å². The number of hydrogen-bond donors (Lipinski definition) is 3. The van der Waals surface area contributed by atoms with E-state index in [2.05, 4.69) is 16.1 Å². The van der Waals surface area contributed by atoms with Gasteiger partial charge >= 0.3 is 12.0 Å². The van der Waals surface area contributed by atoms with E-state index in [1.54, 1.807) is 61.3 Å². The van der Waals surface area contributed by atoms with E-state index in [9.17, 15) is 19.2 Å². The molecule has 0 saturated carbocycles. The summed E-state index contributed by atoms with van der Waals surface area (Å²) in [5.74, 6) is -1.76. The van der Waals surface area contributed by atoms with Gasteiger partial charge in [-0.1, -0.05) is 41.9 Å². The second kappa shape index (κ2) is 18.9. The van der Waals surface area contributed by atoms with Gasteiger partial charge in [-0.3, -0.25) is 19.8 Å². The third-order valence-electron chi connectivity index (χ3n) is 7.20. The molecule has 0 bridgehead atoms. The molecule has 2 unspecified atom stereocenters. The van der Waals surface area contributed by atoms with Crippen molar-refractivity contribution in [3.8, 4) is 0 Å². The fourth-order valence-corrected chi connectivity index (χ4v) is 6.09. The van der Waals surface area contributed by atoms with E-state index in [1.807, 2.05) is 50.4 Å². The summed E-state index contributed by atoms with van der Waals surface area (Å²) in [5.41, 5.74) is 3.51. The zero-order chi connectivity index (χ0) is 36.1. The minimum atomic E-state index is -1.29. The van der Waals surface area contributed by atoms with Crippen LogP contribution in [0.5, 0.6) is 0 Å². The molecule has 0 aliphatic heterocycles. The van der Waals surface area contributed by atoms with E-state index in [1.165, 1.54) is 12.1 Å². The van der Waals surface area contributed by atoms with Crippen molar-refractivity contribution in [1.29, 1.82) is 0 Å². The first-order valence-electron chi connectivity index (χ1n) is 16.2. The second-order valence-electron chi connectivity index (χ2n) is 12.4. The lowest BCUT2D eigenvalue weighted by Crippen LogP contribution is -2.56. The maximum absolute atomic E-state index is 14.5. The predicted molar refractivity (Wildman–Crippen MR) is 191 cm³/mol. The van der Waals surface area contributed by atoms with Gasteiger partial charge in [0.15, 0.2) is 6.29 Å². The Morgan fingerprint density at radius 3 is 2.27 bits per heavy atom. The topological polar surface area (TPSA) is 139 Å². The summed E-state index contributed by atoms with van der Waals surface area (Å²) in [6, 6.07) is 12.5. The Balaban J connectivity index is 1.82. The smallest absolute Gasteiger partial charge is 0.329 e. The number of esters is 1. The first-order valence-corrected chi connectivity index (χ1v) is 17.5. The number of likely N-dealkylation sites (N-methyl/N-ethyl adjacent to an activating group) is 1. The van der Waals surface area contributed by atoms with Crippen LogP contribution in [0.25, 0.3) is 10.1 Å². The number of carbonyl (C=O) groups is 4. The van der Waals surface area contributed by atoms with Crippen LogP contribution in [0.3, 0.4) is 0 Å². The molecule has 2 atom stereocenters. The first-order chi connectivity index (χ1) is 23.2. The van der Waals surface area contributed by atoms with Gasteiger partial charge in [-0.15, -0.1) is 11.3 Å². The van der Waals surface area contributed by atoms with Crippen LogP contribution in [0.4, 0.5) is 4.79 Å². The van der Waals surface area contributed by atoms with Crippen molar-refractivity contribution in [2.24, 2.45) is 0 Å². The number of carbonyl (C=O) groups excluding carboxylic acids is 4. The summed E-state index contributed by atoms with van der Waals surface area (Å²) < 4.78 is 18.4. The summed E-state index contributed by atoms with van der Waals surface area (Å²) in [6.07, 6.45) is -1.18. The van der Waals surface area contributed by atoms with Gasteiger partial charge < -0.3 is 29.7 Å². The summed E-state index contributed by atoms with van der Waals surface area (Å²) in [5, 5.41) is 10.3. The number of rotatable bonds is 17. The van der Waals surface area contributed by atoms with Crippen molar-refractivity contribution in [3.63, 3.8) is 0 Å². The number of fused-ring (bicyclic) bond motifs is 1. The normalized spacial score (nSPS) is 12.9. The number of halogens is 1. The zero-order valence-corrected chi connectivity index (χ0v) is 30.8. The van der Waals surface area contributed by atoms with Gasteiger partial charge in [-0.05, 0) is 81.6 Å². The molecule has 0 fully saturated rings. The van der Waals surface area contributed by atoms with E-state index in [0.717, 1.165) is 21.2 Å². The van der Waals surface area contributed by atoms with Gasteiger partial charge in [0.2, 0.25) is 11.8 Å². The highest BCUT2D eigenvalue weighted by Gasteiger charge is 2.36. The molecule has 3 N–H and O–H groups in total. The van der Waals surface area contributed by atoms with E-state index < -0.39 is 54.2 Å². The van der Waals surface area contributed by atoms with E-state index in [-0.39, 0.29) is 19.6 Å². The number of thiophene rings is 1. The van der Waals surface area contributed by atoms with Gasteiger partial charge in [-0.25, -0.2) is 9.80 Å². The average Bonchev–Trinajstić information content (AvgIpc) is 3.44. The number of urea groups is 1. The minimum Gasteiger partial charge on any atom is -0.460 e. The molecule has 0 aliphatic carbocycles. The van der Waals surface area contributed by atoms with Crippen molar-refractivity contribution in [2.75, 3.05) is 26.8 Å². The molecule has 0 saturated heterocycles. The number of nitrogens with zero attached hydrogens (tertiary/aromatic N) is 2. The number of hydrazine groups is 1. The number of nitrogens with one attached hydrogen (secondary N) is 3. The molecule has 4 amide bonds. The average molecular weight is 718 g/mol. The van der Waals surface area contributed by atoms with Crippen molar-refractivity contribution in [1.82, 2.24) is 26.0 Å². The lowest BCUT2D eigenvalue weighted by molar-refractivity contribution is -0.180. The van der Waals surface area contributed by atoms with Gasteiger partial charge in [0.05, 0.1) is 19.0 Å². The monoisotopic (exact) mass is 717 g/mol. The van der Waals surface area contributed by atoms with Crippen LogP contribution in [-0.4, -0.2) is 84.5 Å². The maximum Gasteiger partial charge on any atom is 0.329 e. The SMILES string of the molecule is CCOC(OCC)C(C)N(Cc1csc2ccccc12)C(=O)C(CC(=O)OC(C)(C)C)NC(=O)CN(C)NC(=O)NCc1ccc(Cl)cc1. The van der Waals surface area contributed by atoms with Gasteiger partial charge in [0.25, 0.3) is 0 Å². The largest absolute Gasteiger partial charge is 0.460 e. The molecule has 2 aromatic carbocycles. The molecule has 1 aromatic heterocycles. The van der Waals surface area contributed by atoms with Crippen molar-refractivity contribution >= 4 is 56.8 Å². The molecule has 0 spiro atoms. The Hall–Kier alpha value is -3.75. The second-order valence-corrected chi connectivity index (χ2v) is 13.8. The molecule has 3 rings (SSSR count). The van der Waals surface area contributed by atoms with Crippen LogP contribution < -0.4 is 16.1 Å². The molecule has 3 aromatic rings. The third kappa shape index (κ3) is 12.9. The van der Waals surface area contributed by atoms with E-state index in [4.69, 9.17) is 25.8 Å². The van der Waals surface area contributed by atoms with Crippen LogP contribution in [0, 0.1) is 0 Å². The van der Waals surface area contributed by atoms with Crippen molar-refractivity contribution < 1.29 is 33.4 Å². The fraction of sp³-hybridized carbons (Fsp3) is 0.486. The quantitative estimate of drug-likeness (QED) is 0.0981. The van der Waals surface area contributed by atoms with Crippen molar-refractivity contribution in [3.05, 3.63) is 70.1 Å². The Bertz CT molecular complexity index is 1540. The highest BCUT2D eigenvalue weighted by molar-refractivity contribution is 7.17. The number of amides is 4. The maximum atomic E-state index is 14.5. The molecular formula is C35H48ClN5O7S. The lowest BCUT2D eigenvalue weighted by atomic mass is 10.1. The Kier molecular flexibility index (Phi) is 15.3. The Labute approximate surface area is 297 Å². The molecule has 0 radical (unpaired) electrons. The van der Waals surface area contributed by atoms with Crippen LogP contribution in [0.2, 0.25) is 5.02 Å². The minimum absolute atomic E-state index is 0.177. The Morgan fingerprint density at radius 2 is 1.63 bits per heavy atom. The molecule has 268 valence electrons. The third-order valence-corrected chi connectivity index (χ3v) is 8.46. The molecule has 0 aliphatic rings. The number of benzene rings is 2. The molecule has 14 heteroatoms.